The minimum absolute atomic E-state index is 0.00633. The van der Waals surface area contributed by atoms with E-state index in [4.69, 9.17) is 0 Å². The molecule has 3 rings (SSSR count). The number of likely N-dealkylation sites (tertiary alicyclic amines) is 1. The highest BCUT2D eigenvalue weighted by atomic mass is 19.1. The summed E-state index contributed by atoms with van der Waals surface area (Å²) in [6.07, 6.45) is 4.63. The van der Waals surface area contributed by atoms with Crippen LogP contribution in [0.5, 0.6) is 0 Å². The Hall–Kier alpha value is -2.17. The van der Waals surface area contributed by atoms with Crippen molar-refractivity contribution in [3.8, 4) is 5.69 Å². The van der Waals surface area contributed by atoms with Gasteiger partial charge >= 0.3 is 0 Å². The fourth-order valence-electron chi connectivity index (χ4n) is 3.66. The second-order valence-electron chi connectivity index (χ2n) is 8.07. The molecule has 134 valence electrons. The van der Waals surface area contributed by atoms with Gasteiger partial charge in [-0.25, -0.2) is 9.07 Å². The minimum atomic E-state index is -0.348. The Balaban J connectivity index is 1.87. The molecule has 1 aromatic carbocycles. The lowest BCUT2D eigenvalue weighted by Crippen LogP contribution is -2.37. The summed E-state index contributed by atoms with van der Waals surface area (Å²) in [5.74, 6) is -0.341. The molecule has 1 aliphatic rings. The van der Waals surface area contributed by atoms with Gasteiger partial charge < -0.3 is 4.90 Å². The van der Waals surface area contributed by atoms with Gasteiger partial charge in [0.2, 0.25) is 0 Å². The maximum absolute atomic E-state index is 14.1. The molecule has 1 unspecified atom stereocenters. The van der Waals surface area contributed by atoms with Gasteiger partial charge in [0, 0.05) is 12.6 Å². The third kappa shape index (κ3) is 3.60. The first kappa shape index (κ1) is 17.6. The second-order valence-corrected chi connectivity index (χ2v) is 8.07. The number of halogens is 1. The molecule has 25 heavy (non-hydrogen) atoms. The van der Waals surface area contributed by atoms with Crippen LogP contribution in [-0.4, -0.2) is 33.2 Å². The van der Waals surface area contributed by atoms with E-state index in [2.05, 4.69) is 25.9 Å². The molecule has 4 nitrogen and oxygen atoms in total. The average molecular weight is 343 g/mol. The number of carbonyl (C=O) groups excluding carboxylic acids is 1. The van der Waals surface area contributed by atoms with Crippen molar-refractivity contribution in [1.29, 1.82) is 0 Å². The summed E-state index contributed by atoms with van der Waals surface area (Å²) in [7, 11) is 0. The number of aromatic nitrogens is 2. The molecule has 0 radical (unpaired) electrons. The molecule has 1 atom stereocenters. The van der Waals surface area contributed by atoms with E-state index in [1.165, 1.54) is 10.7 Å². The van der Waals surface area contributed by atoms with Gasteiger partial charge in [0.15, 0.2) is 0 Å². The standard InChI is InChI=1S/C20H26FN3O/c1-14-16(13-22-24(14)18-10-6-5-9-17(18)21)19(25)23-11-7-8-15(23)12-20(2,3)4/h5-6,9-10,13,15H,7-8,11-12H2,1-4H3. The smallest absolute Gasteiger partial charge is 0.257 e. The summed E-state index contributed by atoms with van der Waals surface area (Å²) in [6.45, 7) is 9.21. The van der Waals surface area contributed by atoms with Crippen LogP contribution in [0.4, 0.5) is 4.39 Å². The Kier molecular flexibility index (Phi) is 4.67. The minimum Gasteiger partial charge on any atom is -0.336 e. The molecule has 0 spiro atoms. The van der Waals surface area contributed by atoms with E-state index in [9.17, 15) is 9.18 Å². The van der Waals surface area contributed by atoms with Crippen molar-refractivity contribution in [3.63, 3.8) is 0 Å². The summed E-state index contributed by atoms with van der Waals surface area (Å²) < 4.78 is 15.6. The highest BCUT2D eigenvalue weighted by Gasteiger charge is 2.33. The zero-order chi connectivity index (χ0) is 18.2. The molecule has 0 saturated carbocycles. The van der Waals surface area contributed by atoms with Crippen molar-refractivity contribution >= 4 is 5.91 Å². The van der Waals surface area contributed by atoms with Gasteiger partial charge in [-0.2, -0.15) is 5.10 Å². The van der Waals surface area contributed by atoms with E-state index in [1.54, 1.807) is 24.4 Å². The molecule has 5 heteroatoms. The number of hydrogen-bond acceptors (Lipinski definition) is 2. The van der Waals surface area contributed by atoms with Crippen molar-refractivity contribution in [2.45, 2.75) is 53.0 Å². The zero-order valence-electron chi connectivity index (χ0n) is 15.4. The highest BCUT2D eigenvalue weighted by Crippen LogP contribution is 2.31. The van der Waals surface area contributed by atoms with E-state index in [1.807, 2.05) is 11.8 Å². The molecule has 2 heterocycles. The summed E-state index contributed by atoms with van der Waals surface area (Å²) in [5.41, 5.74) is 1.78. The number of carbonyl (C=O) groups is 1. The third-order valence-corrected chi connectivity index (χ3v) is 4.81. The first-order chi connectivity index (χ1) is 11.8. The van der Waals surface area contributed by atoms with Gasteiger partial charge in [0.05, 0.1) is 17.5 Å². The summed E-state index contributed by atoms with van der Waals surface area (Å²) >= 11 is 0. The molecule has 1 aromatic heterocycles. The van der Waals surface area contributed by atoms with Gasteiger partial charge in [-0.15, -0.1) is 0 Å². The Morgan fingerprint density at radius 1 is 1.32 bits per heavy atom. The largest absolute Gasteiger partial charge is 0.336 e. The normalized spacial score (nSPS) is 18.0. The lowest BCUT2D eigenvalue weighted by atomic mass is 9.87. The van der Waals surface area contributed by atoms with Crippen LogP contribution in [0.25, 0.3) is 5.69 Å². The number of hydrogen-bond donors (Lipinski definition) is 0. The fraction of sp³-hybridized carbons (Fsp3) is 0.500. The average Bonchev–Trinajstić information content (AvgIpc) is 3.12. The van der Waals surface area contributed by atoms with Gasteiger partial charge in [0.1, 0.15) is 11.5 Å². The van der Waals surface area contributed by atoms with Gasteiger partial charge in [-0.05, 0) is 43.7 Å². The van der Waals surface area contributed by atoms with Gasteiger partial charge in [-0.3, -0.25) is 4.79 Å². The van der Waals surface area contributed by atoms with Crippen molar-refractivity contribution in [2.24, 2.45) is 5.41 Å². The van der Waals surface area contributed by atoms with Crippen molar-refractivity contribution in [2.75, 3.05) is 6.54 Å². The van der Waals surface area contributed by atoms with E-state index >= 15 is 0 Å². The van der Waals surface area contributed by atoms with Crippen molar-refractivity contribution in [3.05, 3.63) is 47.5 Å². The number of para-hydroxylation sites is 1. The second kappa shape index (κ2) is 6.62. The predicted octanol–water partition coefficient (Wildman–Crippen LogP) is 4.36. The molecule has 0 bridgehead atoms. The van der Waals surface area contributed by atoms with Crippen LogP contribution >= 0.6 is 0 Å². The van der Waals surface area contributed by atoms with Crippen LogP contribution in [0.15, 0.2) is 30.5 Å². The lowest BCUT2D eigenvalue weighted by molar-refractivity contribution is 0.0703. The lowest BCUT2D eigenvalue weighted by Gasteiger charge is -2.30. The number of amides is 1. The van der Waals surface area contributed by atoms with Crippen LogP contribution in [-0.2, 0) is 0 Å². The number of nitrogens with zero attached hydrogens (tertiary/aromatic N) is 3. The van der Waals surface area contributed by atoms with E-state index < -0.39 is 0 Å². The summed E-state index contributed by atoms with van der Waals surface area (Å²) in [6, 6.07) is 6.75. The van der Waals surface area contributed by atoms with Crippen LogP contribution in [0, 0.1) is 18.2 Å². The first-order valence-corrected chi connectivity index (χ1v) is 8.88. The van der Waals surface area contributed by atoms with Gasteiger partial charge in [0.25, 0.3) is 5.91 Å². The third-order valence-electron chi connectivity index (χ3n) is 4.81. The molecule has 2 aromatic rings. The van der Waals surface area contributed by atoms with Crippen LogP contribution in [0.1, 0.15) is 56.1 Å². The molecule has 1 fully saturated rings. The van der Waals surface area contributed by atoms with E-state index in [0.29, 0.717) is 16.9 Å². The molecule has 1 aliphatic heterocycles. The summed E-state index contributed by atoms with van der Waals surface area (Å²) in [5, 5.41) is 4.27. The highest BCUT2D eigenvalue weighted by molar-refractivity contribution is 5.95. The topological polar surface area (TPSA) is 38.1 Å². The maximum Gasteiger partial charge on any atom is 0.257 e. The molecular weight excluding hydrogens is 317 g/mol. The van der Waals surface area contributed by atoms with Gasteiger partial charge in [-0.1, -0.05) is 32.9 Å². The Morgan fingerprint density at radius 2 is 2.04 bits per heavy atom. The van der Waals surface area contributed by atoms with Crippen LogP contribution < -0.4 is 0 Å². The fourth-order valence-corrected chi connectivity index (χ4v) is 3.66. The van der Waals surface area contributed by atoms with Crippen LogP contribution in [0.3, 0.4) is 0 Å². The van der Waals surface area contributed by atoms with E-state index in [0.717, 1.165) is 25.8 Å². The predicted molar refractivity (Wildman–Crippen MR) is 96.4 cm³/mol. The number of benzene rings is 1. The quantitative estimate of drug-likeness (QED) is 0.830. The molecule has 1 amide bonds. The molecule has 0 aliphatic carbocycles. The number of rotatable bonds is 3. The first-order valence-electron chi connectivity index (χ1n) is 8.88. The monoisotopic (exact) mass is 343 g/mol. The molecule has 1 saturated heterocycles. The Morgan fingerprint density at radius 3 is 2.72 bits per heavy atom. The van der Waals surface area contributed by atoms with Crippen molar-refractivity contribution < 1.29 is 9.18 Å². The SMILES string of the molecule is Cc1c(C(=O)N2CCCC2CC(C)(C)C)cnn1-c1ccccc1F. The zero-order valence-corrected chi connectivity index (χ0v) is 15.4. The Labute approximate surface area is 148 Å². The van der Waals surface area contributed by atoms with Crippen LogP contribution in [0.2, 0.25) is 0 Å². The van der Waals surface area contributed by atoms with Crippen molar-refractivity contribution in [1.82, 2.24) is 14.7 Å². The van der Waals surface area contributed by atoms with E-state index in [-0.39, 0.29) is 23.2 Å². The maximum atomic E-state index is 14.1. The molecular formula is C20H26FN3O. The summed E-state index contributed by atoms with van der Waals surface area (Å²) in [4.78, 5) is 15.0. The Bertz CT molecular complexity index is 775. The molecule has 0 N–H and O–H groups in total.